The van der Waals surface area contributed by atoms with Crippen LogP contribution >= 0.6 is 0 Å². The second-order valence-corrected chi connectivity index (χ2v) is 8.65. The fraction of sp³-hybridized carbons (Fsp3) is 0.556. The molecule has 0 aliphatic carbocycles. The van der Waals surface area contributed by atoms with Crippen molar-refractivity contribution in [2.75, 3.05) is 30.9 Å². The summed E-state index contributed by atoms with van der Waals surface area (Å²) in [5.41, 5.74) is 2.02. The molecule has 142 valence electrons. The summed E-state index contributed by atoms with van der Waals surface area (Å²) in [6.45, 7) is 2.01. The van der Waals surface area contributed by atoms with Gasteiger partial charge < -0.3 is 4.90 Å². The normalized spacial score (nSPS) is 24.0. The fourth-order valence-corrected chi connectivity index (χ4v) is 4.00. The second kappa shape index (κ2) is 7.75. The van der Waals surface area contributed by atoms with Crippen molar-refractivity contribution in [2.45, 2.75) is 31.6 Å². The Kier molecular flexibility index (Phi) is 5.62. The van der Waals surface area contributed by atoms with Crippen molar-refractivity contribution in [1.82, 2.24) is 5.32 Å². The fourth-order valence-electron chi connectivity index (χ4n) is 3.60. The van der Waals surface area contributed by atoms with Crippen LogP contribution in [-0.4, -0.2) is 46.2 Å². The van der Waals surface area contributed by atoms with Crippen LogP contribution in [0, 0.1) is 5.92 Å². The van der Waals surface area contributed by atoms with E-state index in [4.69, 9.17) is 4.18 Å². The Morgan fingerprint density at radius 2 is 1.92 bits per heavy atom. The molecule has 1 aromatic carbocycles. The van der Waals surface area contributed by atoms with Crippen molar-refractivity contribution in [3.05, 3.63) is 29.8 Å². The van der Waals surface area contributed by atoms with Crippen molar-refractivity contribution in [3.8, 4) is 0 Å². The smallest absolute Gasteiger partial charge is 0.264 e. The Hall–Kier alpha value is -1.93. The number of carbonyl (C=O) groups excluding carboxylic acids is 2. The maximum atomic E-state index is 12.0. The van der Waals surface area contributed by atoms with Crippen molar-refractivity contribution in [1.29, 1.82) is 0 Å². The highest BCUT2D eigenvalue weighted by molar-refractivity contribution is 7.85. The van der Waals surface area contributed by atoms with Crippen LogP contribution in [0.25, 0.3) is 0 Å². The summed E-state index contributed by atoms with van der Waals surface area (Å²) in [6, 6.07) is 7.92. The molecule has 2 aliphatic rings. The van der Waals surface area contributed by atoms with Crippen molar-refractivity contribution in [2.24, 2.45) is 5.92 Å². The molecule has 1 aromatic rings. The van der Waals surface area contributed by atoms with Crippen molar-refractivity contribution >= 4 is 27.6 Å². The molecule has 3 rings (SSSR count). The maximum absolute atomic E-state index is 12.0. The predicted octanol–water partition coefficient (Wildman–Crippen LogP) is 1.40. The topological polar surface area (TPSA) is 92.8 Å². The van der Waals surface area contributed by atoms with Crippen molar-refractivity contribution in [3.63, 3.8) is 0 Å². The summed E-state index contributed by atoms with van der Waals surface area (Å²) in [6.07, 6.45) is 3.72. The van der Waals surface area contributed by atoms with Crippen LogP contribution in [0.5, 0.6) is 0 Å². The van der Waals surface area contributed by atoms with E-state index in [9.17, 15) is 18.0 Å². The third-order valence-electron chi connectivity index (χ3n) is 5.01. The van der Waals surface area contributed by atoms with E-state index in [0.717, 1.165) is 43.4 Å². The minimum atomic E-state index is -3.37. The molecule has 1 N–H and O–H groups in total. The minimum absolute atomic E-state index is 0.203. The van der Waals surface area contributed by atoms with Crippen LogP contribution in [0.3, 0.4) is 0 Å². The molecular formula is C18H24N2O5S. The second-order valence-electron chi connectivity index (χ2n) is 7.01. The molecule has 0 spiro atoms. The molecule has 8 heteroatoms. The molecule has 0 radical (unpaired) electrons. The van der Waals surface area contributed by atoms with E-state index in [-0.39, 0.29) is 24.3 Å². The number of piperidine rings is 1. The molecule has 0 saturated carbocycles. The monoisotopic (exact) mass is 380 g/mol. The average molecular weight is 380 g/mol. The van der Waals surface area contributed by atoms with Crippen LogP contribution < -0.4 is 10.2 Å². The number of nitrogens with zero attached hydrogens (tertiary/aromatic N) is 1. The van der Waals surface area contributed by atoms with Crippen LogP contribution in [0.2, 0.25) is 0 Å². The SMILES string of the molecule is CS(=O)(=O)OCC[C@@H]1CCN(c2ccc(C3CCC(=O)NC3=O)cc2)C1. The number of imide groups is 1. The molecule has 0 bridgehead atoms. The number of anilines is 1. The summed E-state index contributed by atoms with van der Waals surface area (Å²) < 4.78 is 26.9. The van der Waals surface area contributed by atoms with E-state index >= 15 is 0 Å². The highest BCUT2D eigenvalue weighted by Gasteiger charge is 2.28. The molecular weight excluding hydrogens is 356 g/mol. The summed E-state index contributed by atoms with van der Waals surface area (Å²) in [7, 11) is -3.37. The van der Waals surface area contributed by atoms with E-state index in [0.29, 0.717) is 18.8 Å². The summed E-state index contributed by atoms with van der Waals surface area (Å²) in [5.74, 6) is -0.278. The van der Waals surface area contributed by atoms with E-state index in [2.05, 4.69) is 10.2 Å². The lowest BCUT2D eigenvalue weighted by Crippen LogP contribution is -2.39. The van der Waals surface area contributed by atoms with Crippen LogP contribution in [-0.2, 0) is 23.9 Å². The van der Waals surface area contributed by atoms with Gasteiger partial charge in [-0.05, 0) is 42.9 Å². The minimum Gasteiger partial charge on any atom is -0.371 e. The standard InChI is InChI=1S/C18H24N2O5S/c1-26(23,24)25-11-9-13-8-10-20(12-13)15-4-2-14(3-5-15)16-6-7-17(21)19-18(16)22/h2-5,13,16H,6-12H2,1H3,(H,19,21,22)/t13-,16?/m0/s1. The molecule has 2 saturated heterocycles. The molecule has 7 nitrogen and oxygen atoms in total. The molecule has 0 aromatic heterocycles. The van der Waals surface area contributed by atoms with Crippen molar-refractivity contribution < 1.29 is 22.2 Å². The van der Waals surface area contributed by atoms with Gasteiger partial charge in [-0.3, -0.25) is 19.1 Å². The van der Waals surface area contributed by atoms with Gasteiger partial charge in [-0.2, -0.15) is 8.42 Å². The Morgan fingerprint density at radius 3 is 2.58 bits per heavy atom. The van der Waals surface area contributed by atoms with Crippen LogP contribution in [0.15, 0.2) is 24.3 Å². The zero-order chi connectivity index (χ0) is 18.7. The zero-order valence-electron chi connectivity index (χ0n) is 14.8. The molecule has 2 fully saturated rings. The molecule has 2 atom stereocenters. The van der Waals surface area contributed by atoms with Gasteiger partial charge in [0.05, 0.1) is 18.8 Å². The summed E-state index contributed by atoms with van der Waals surface area (Å²) in [4.78, 5) is 25.5. The van der Waals surface area contributed by atoms with E-state index in [1.165, 1.54) is 0 Å². The quantitative estimate of drug-likeness (QED) is 0.592. The predicted molar refractivity (Wildman–Crippen MR) is 97.3 cm³/mol. The molecule has 2 aliphatic heterocycles. The first-order valence-corrected chi connectivity index (χ1v) is 10.7. The number of benzene rings is 1. The Bertz CT molecular complexity index is 775. The third kappa shape index (κ3) is 4.82. The number of hydrogen-bond donors (Lipinski definition) is 1. The molecule has 2 heterocycles. The first-order chi connectivity index (χ1) is 12.3. The summed E-state index contributed by atoms with van der Waals surface area (Å²) >= 11 is 0. The van der Waals surface area contributed by atoms with Gasteiger partial charge in [-0.25, -0.2) is 0 Å². The van der Waals surface area contributed by atoms with Gasteiger partial charge in [0.25, 0.3) is 10.1 Å². The highest BCUT2D eigenvalue weighted by atomic mass is 32.2. The van der Waals surface area contributed by atoms with Gasteiger partial charge in [0.1, 0.15) is 0 Å². The van der Waals surface area contributed by atoms with E-state index in [1.807, 2.05) is 24.3 Å². The maximum Gasteiger partial charge on any atom is 0.264 e. The van der Waals surface area contributed by atoms with E-state index < -0.39 is 10.1 Å². The lowest BCUT2D eigenvalue weighted by atomic mass is 9.90. The highest BCUT2D eigenvalue weighted by Crippen LogP contribution is 2.29. The number of carbonyl (C=O) groups is 2. The van der Waals surface area contributed by atoms with Crippen LogP contribution in [0.1, 0.15) is 37.2 Å². The first-order valence-electron chi connectivity index (χ1n) is 8.85. The Labute approximate surface area is 153 Å². The molecule has 2 amide bonds. The lowest BCUT2D eigenvalue weighted by molar-refractivity contribution is -0.134. The number of hydrogen-bond acceptors (Lipinski definition) is 6. The lowest BCUT2D eigenvalue weighted by Gasteiger charge is -2.23. The van der Waals surface area contributed by atoms with Gasteiger partial charge in [0.15, 0.2) is 0 Å². The largest absolute Gasteiger partial charge is 0.371 e. The number of nitrogens with one attached hydrogen (secondary N) is 1. The van der Waals surface area contributed by atoms with Crippen LogP contribution in [0.4, 0.5) is 5.69 Å². The Balaban J connectivity index is 1.54. The molecule has 1 unspecified atom stereocenters. The third-order valence-corrected chi connectivity index (χ3v) is 5.60. The number of amides is 2. The van der Waals surface area contributed by atoms with Gasteiger partial charge in [-0.15, -0.1) is 0 Å². The number of rotatable bonds is 6. The molecule has 26 heavy (non-hydrogen) atoms. The first kappa shape index (κ1) is 18.8. The zero-order valence-corrected chi connectivity index (χ0v) is 15.6. The van der Waals surface area contributed by atoms with Gasteiger partial charge in [0, 0.05) is 25.2 Å². The summed E-state index contributed by atoms with van der Waals surface area (Å²) in [5, 5.41) is 2.39. The van der Waals surface area contributed by atoms with Gasteiger partial charge in [-0.1, -0.05) is 12.1 Å². The average Bonchev–Trinajstić information content (AvgIpc) is 3.03. The Morgan fingerprint density at radius 1 is 1.19 bits per heavy atom. The van der Waals surface area contributed by atoms with E-state index in [1.54, 1.807) is 0 Å². The van der Waals surface area contributed by atoms with Gasteiger partial charge >= 0.3 is 0 Å². The van der Waals surface area contributed by atoms with Gasteiger partial charge in [0.2, 0.25) is 11.8 Å².